The van der Waals surface area contributed by atoms with Crippen molar-refractivity contribution in [2.24, 2.45) is 11.7 Å². The maximum absolute atomic E-state index is 6.22. The molecule has 0 saturated heterocycles. The molecule has 1 unspecified atom stereocenters. The Morgan fingerprint density at radius 1 is 1.36 bits per heavy atom. The van der Waals surface area contributed by atoms with Gasteiger partial charge in [-0.05, 0) is 48.9 Å². The van der Waals surface area contributed by atoms with Gasteiger partial charge in [-0.15, -0.1) is 0 Å². The average molecular weight is 254 g/mol. The standard InChI is InChI=1S/C12H16BrN/c1-8-5-10(7-11(13)6-8)12(14)9-3-2-4-9/h5-7,9,12H,2-4,14H2,1H3. The van der Waals surface area contributed by atoms with Gasteiger partial charge in [0, 0.05) is 10.5 Å². The van der Waals surface area contributed by atoms with Gasteiger partial charge in [0.2, 0.25) is 0 Å². The predicted molar refractivity (Wildman–Crippen MR) is 63.1 cm³/mol. The molecule has 2 N–H and O–H groups in total. The Kier molecular flexibility index (Phi) is 2.93. The second-order valence-corrected chi connectivity index (χ2v) is 5.19. The van der Waals surface area contributed by atoms with Crippen molar-refractivity contribution in [2.75, 3.05) is 0 Å². The molecule has 1 atom stereocenters. The highest BCUT2D eigenvalue weighted by Crippen LogP contribution is 2.36. The third-order valence-corrected chi connectivity index (χ3v) is 3.56. The van der Waals surface area contributed by atoms with Crippen molar-refractivity contribution in [3.8, 4) is 0 Å². The Hall–Kier alpha value is -0.340. The molecule has 76 valence electrons. The summed E-state index contributed by atoms with van der Waals surface area (Å²) >= 11 is 3.51. The summed E-state index contributed by atoms with van der Waals surface area (Å²) in [5, 5.41) is 0. The summed E-state index contributed by atoms with van der Waals surface area (Å²) in [5.41, 5.74) is 8.78. The van der Waals surface area contributed by atoms with E-state index in [0.29, 0.717) is 5.92 Å². The number of aryl methyl sites for hydroxylation is 1. The van der Waals surface area contributed by atoms with E-state index in [2.05, 4.69) is 41.1 Å². The van der Waals surface area contributed by atoms with Crippen molar-refractivity contribution in [1.82, 2.24) is 0 Å². The SMILES string of the molecule is Cc1cc(Br)cc(C(N)C2CCC2)c1. The molecule has 1 nitrogen and oxygen atoms in total. The first-order valence-electron chi connectivity index (χ1n) is 5.19. The fourth-order valence-electron chi connectivity index (χ4n) is 2.03. The molecule has 1 aromatic carbocycles. The number of hydrogen-bond acceptors (Lipinski definition) is 1. The van der Waals surface area contributed by atoms with Gasteiger partial charge in [-0.1, -0.05) is 28.4 Å². The smallest absolute Gasteiger partial charge is 0.0324 e. The van der Waals surface area contributed by atoms with Crippen LogP contribution in [0.5, 0.6) is 0 Å². The molecule has 0 spiro atoms. The summed E-state index contributed by atoms with van der Waals surface area (Å²) in [7, 11) is 0. The van der Waals surface area contributed by atoms with Gasteiger partial charge in [-0.25, -0.2) is 0 Å². The number of halogens is 1. The van der Waals surface area contributed by atoms with Crippen LogP contribution in [-0.4, -0.2) is 0 Å². The first-order chi connectivity index (χ1) is 6.66. The molecule has 0 bridgehead atoms. The van der Waals surface area contributed by atoms with E-state index in [4.69, 9.17) is 5.73 Å². The number of nitrogens with two attached hydrogens (primary N) is 1. The van der Waals surface area contributed by atoms with Gasteiger partial charge < -0.3 is 5.73 Å². The molecular weight excluding hydrogens is 238 g/mol. The number of benzene rings is 1. The van der Waals surface area contributed by atoms with Crippen LogP contribution in [0.3, 0.4) is 0 Å². The third kappa shape index (κ3) is 2.01. The van der Waals surface area contributed by atoms with Crippen molar-refractivity contribution < 1.29 is 0 Å². The number of hydrogen-bond donors (Lipinski definition) is 1. The molecule has 0 radical (unpaired) electrons. The molecule has 1 aliphatic carbocycles. The van der Waals surface area contributed by atoms with Crippen molar-refractivity contribution in [1.29, 1.82) is 0 Å². The third-order valence-electron chi connectivity index (χ3n) is 3.11. The molecular formula is C12H16BrN. The van der Waals surface area contributed by atoms with E-state index in [1.807, 2.05) is 0 Å². The fraction of sp³-hybridized carbons (Fsp3) is 0.500. The molecule has 2 rings (SSSR count). The second-order valence-electron chi connectivity index (χ2n) is 4.28. The Labute approximate surface area is 93.8 Å². The Morgan fingerprint density at radius 2 is 2.07 bits per heavy atom. The Bertz CT molecular complexity index is 311. The van der Waals surface area contributed by atoms with E-state index in [9.17, 15) is 0 Å². The first kappa shape index (κ1) is 10.2. The molecule has 1 aromatic rings. The Morgan fingerprint density at radius 3 is 2.57 bits per heavy atom. The van der Waals surface area contributed by atoms with E-state index in [1.54, 1.807) is 0 Å². The van der Waals surface area contributed by atoms with E-state index < -0.39 is 0 Å². The summed E-state index contributed by atoms with van der Waals surface area (Å²) in [6, 6.07) is 6.71. The summed E-state index contributed by atoms with van der Waals surface area (Å²) in [6.07, 6.45) is 3.95. The largest absolute Gasteiger partial charge is 0.324 e. The van der Waals surface area contributed by atoms with E-state index in [-0.39, 0.29) is 6.04 Å². The molecule has 0 aromatic heterocycles. The molecule has 1 saturated carbocycles. The fourth-order valence-corrected chi connectivity index (χ4v) is 2.65. The van der Waals surface area contributed by atoms with Crippen LogP contribution in [0.4, 0.5) is 0 Å². The van der Waals surface area contributed by atoms with Crippen molar-refractivity contribution in [3.63, 3.8) is 0 Å². The van der Waals surface area contributed by atoms with E-state index in [1.165, 1.54) is 30.4 Å². The molecule has 2 heteroatoms. The van der Waals surface area contributed by atoms with E-state index in [0.717, 1.165) is 4.47 Å². The zero-order valence-corrected chi connectivity index (χ0v) is 10.0. The molecule has 1 aliphatic rings. The molecule has 0 aliphatic heterocycles. The Balaban J connectivity index is 2.21. The van der Waals surface area contributed by atoms with Crippen LogP contribution >= 0.6 is 15.9 Å². The highest BCUT2D eigenvalue weighted by molar-refractivity contribution is 9.10. The lowest BCUT2D eigenvalue weighted by atomic mass is 9.77. The molecule has 14 heavy (non-hydrogen) atoms. The van der Waals surface area contributed by atoms with Crippen LogP contribution in [-0.2, 0) is 0 Å². The van der Waals surface area contributed by atoms with Gasteiger partial charge in [0.05, 0.1) is 0 Å². The summed E-state index contributed by atoms with van der Waals surface area (Å²) in [4.78, 5) is 0. The minimum atomic E-state index is 0.236. The summed E-state index contributed by atoms with van der Waals surface area (Å²) < 4.78 is 1.14. The lowest BCUT2D eigenvalue weighted by molar-refractivity contribution is 0.264. The minimum Gasteiger partial charge on any atom is -0.324 e. The normalized spacial score (nSPS) is 19.1. The summed E-state index contributed by atoms with van der Waals surface area (Å²) in [5.74, 6) is 0.712. The van der Waals surface area contributed by atoms with Gasteiger partial charge in [0.1, 0.15) is 0 Å². The topological polar surface area (TPSA) is 26.0 Å². The lowest BCUT2D eigenvalue weighted by Crippen LogP contribution is -2.26. The zero-order valence-electron chi connectivity index (χ0n) is 8.46. The van der Waals surface area contributed by atoms with Crippen LogP contribution in [0.2, 0.25) is 0 Å². The average Bonchev–Trinajstić information content (AvgIpc) is 1.98. The maximum atomic E-state index is 6.22. The van der Waals surface area contributed by atoms with Gasteiger partial charge in [0.25, 0.3) is 0 Å². The van der Waals surface area contributed by atoms with Crippen LogP contribution in [0.25, 0.3) is 0 Å². The van der Waals surface area contributed by atoms with Gasteiger partial charge in [0.15, 0.2) is 0 Å². The highest BCUT2D eigenvalue weighted by atomic mass is 79.9. The van der Waals surface area contributed by atoms with Crippen molar-refractivity contribution >= 4 is 15.9 Å². The first-order valence-corrected chi connectivity index (χ1v) is 5.99. The quantitative estimate of drug-likeness (QED) is 0.858. The van der Waals surface area contributed by atoms with Crippen LogP contribution in [0.1, 0.15) is 36.4 Å². The summed E-state index contributed by atoms with van der Waals surface area (Å²) in [6.45, 7) is 2.11. The molecule has 1 fully saturated rings. The van der Waals surface area contributed by atoms with Gasteiger partial charge in [-0.3, -0.25) is 0 Å². The highest BCUT2D eigenvalue weighted by Gasteiger charge is 2.25. The van der Waals surface area contributed by atoms with Crippen LogP contribution in [0.15, 0.2) is 22.7 Å². The van der Waals surface area contributed by atoms with Crippen molar-refractivity contribution in [3.05, 3.63) is 33.8 Å². The van der Waals surface area contributed by atoms with E-state index >= 15 is 0 Å². The lowest BCUT2D eigenvalue weighted by Gasteiger charge is -2.31. The monoisotopic (exact) mass is 253 g/mol. The van der Waals surface area contributed by atoms with Crippen LogP contribution in [0, 0.1) is 12.8 Å². The second kappa shape index (κ2) is 4.03. The minimum absolute atomic E-state index is 0.236. The maximum Gasteiger partial charge on any atom is 0.0324 e. The van der Waals surface area contributed by atoms with Gasteiger partial charge >= 0.3 is 0 Å². The van der Waals surface area contributed by atoms with Crippen molar-refractivity contribution in [2.45, 2.75) is 32.2 Å². The van der Waals surface area contributed by atoms with Crippen LogP contribution < -0.4 is 5.73 Å². The molecule has 0 amide bonds. The molecule has 0 heterocycles. The predicted octanol–water partition coefficient (Wildman–Crippen LogP) is 3.56. The number of rotatable bonds is 2. The van der Waals surface area contributed by atoms with Gasteiger partial charge in [-0.2, -0.15) is 0 Å². The zero-order chi connectivity index (χ0) is 10.1.